The number of alkyl halides is 1. The largest absolute Gasteiger partial charge is 0.292 e. The molecule has 0 amide bonds. The SMILES string of the molecule is C=CCN(CC=C)CC=C.CCCCCCCCCCCCCCCCCCCl. The molecule has 0 rings (SSSR count). The fourth-order valence-electron chi connectivity index (χ4n) is 3.41. The van der Waals surface area contributed by atoms with E-state index in [4.69, 9.17) is 11.6 Å². The van der Waals surface area contributed by atoms with Crippen LogP contribution in [0, 0.1) is 0 Å². The summed E-state index contributed by atoms with van der Waals surface area (Å²) in [5.74, 6) is 0.846. The van der Waals surface area contributed by atoms with Crippen LogP contribution in [0.5, 0.6) is 0 Å². The van der Waals surface area contributed by atoms with E-state index >= 15 is 0 Å². The fourth-order valence-corrected chi connectivity index (χ4v) is 3.60. The van der Waals surface area contributed by atoms with Crippen molar-refractivity contribution in [3.63, 3.8) is 0 Å². The molecule has 0 saturated carbocycles. The van der Waals surface area contributed by atoms with Gasteiger partial charge in [0.15, 0.2) is 0 Å². The Morgan fingerprint density at radius 3 is 1.03 bits per heavy atom. The number of hydrogen-bond acceptors (Lipinski definition) is 1. The zero-order valence-electron chi connectivity index (χ0n) is 19.8. The second-order valence-corrected chi connectivity index (χ2v) is 8.45. The monoisotopic (exact) mass is 425 g/mol. The average molecular weight is 426 g/mol. The quantitative estimate of drug-likeness (QED) is 0.0947. The highest BCUT2D eigenvalue weighted by Gasteiger charge is 1.95. The van der Waals surface area contributed by atoms with E-state index in [-0.39, 0.29) is 0 Å². The molecular weight excluding hydrogens is 374 g/mol. The van der Waals surface area contributed by atoms with Crippen LogP contribution in [0.4, 0.5) is 0 Å². The molecule has 0 aromatic carbocycles. The van der Waals surface area contributed by atoms with Crippen LogP contribution in [0.2, 0.25) is 0 Å². The van der Waals surface area contributed by atoms with Crippen molar-refractivity contribution in [2.75, 3.05) is 25.5 Å². The van der Waals surface area contributed by atoms with Gasteiger partial charge in [-0.05, 0) is 6.42 Å². The molecule has 0 heterocycles. The van der Waals surface area contributed by atoms with Gasteiger partial charge in [0.2, 0.25) is 0 Å². The van der Waals surface area contributed by atoms with E-state index in [1.54, 1.807) is 0 Å². The van der Waals surface area contributed by atoms with Crippen LogP contribution in [-0.2, 0) is 0 Å². The van der Waals surface area contributed by atoms with Crippen LogP contribution in [0.1, 0.15) is 110 Å². The Kier molecular flexibility index (Phi) is 31.4. The van der Waals surface area contributed by atoms with E-state index in [9.17, 15) is 0 Å². The molecule has 0 aromatic heterocycles. The van der Waals surface area contributed by atoms with Gasteiger partial charge in [0, 0.05) is 25.5 Å². The molecule has 0 aromatic rings. The lowest BCUT2D eigenvalue weighted by Crippen LogP contribution is -2.23. The molecule has 2 heteroatoms. The number of nitrogens with zero attached hydrogens (tertiary/aromatic N) is 1. The first-order valence-electron chi connectivity index (χ1n) is 12.4. The van der Waals surface area contributed by atoms with Gasteiger partial charge in [-0.25, -0.2) is 0 Å². The van der Waals surface area contributed by atoms with Crippen LogP contribution in [0.25, 0.3) is 0 Å². The molecule has 0 aliphatic rings. The smallest absolute Gasteiger partial charge is 0.0223 e. The Morgan fingerprint density at radius 2 is 0.793 bits per heavy atom. The summed E-state index contributed by atoms with van der Waals surface area (Å²) in [5.41, 5.74) is 0. The van der Waals surface area contributed by atoms with Gasteiger partial charge in [0.25, 0.3) is 0 Å². The summed E-state index contributed by atoms with van der Waals surface area (Å²) in [4.78, 5) is 2.19. The van der Waals surface area contributed by atoms with E-state index < -0.39 is 0 Å². The van der Waals surface area contributed by atoms with Crippen molar-refractivity contribution in [1.29, 1.82) is 0 Å². The molecule has 0 bridgehead atoms. The maximum Gasteiger partial charge on any atom is 0.0223 e. The first-order valence-corrected chi connectivity index (χ1v) is 12.9. The maximum atomic E-state index is 5.66. The van der Waals surface area contributed by atoms with Crippen LogP contribution in [0.3, 0.4) is 0 Å². The summed E-state index contributed by atoms with van der Waals surface area (Å²) in [6.07, 6.45) is 28.5. The second kappa shape index (κ2) is 29.7. The highest BCUT2D eigenvalue weighted by Crippen LogP contribution is 2.13. The summed E-state index contributed by atoms with van der Waals surface area (Å²) in [5, 5.41) is 0. The molecule has 29 heavy (non-hydrogen) atoms. The zero-order valence-corrected chi connectivity index (χ0v) is 20.6. The van der Waals surface area contributed by atoms with E-state index in [0.717, 1.165) is 25.5 Å². The molecular formula is C27H52ClN. The van der Waals surface area contributed by atoms with Crippen molar-refractivity contribution >= 4 is 11.6 Å². The van der Waals surface area contributed by atoms with Gasteiger partial charge >= 0.3 is 0 Å². The van der Waals surface area contributed by atoms with Crippen LogP contribution in [-0.4, -0.2) is 30.4 Å². The third-order valence-electron chi connectivity index (χ3n) is 5.15. The zero-order chi connectivity index (χ0) is 21.8. The highest BCUT2D eigenvalue weighted by molar-refractivity contribution is 6.17. The van der Waals surface area contributed by atoms with Gasteiger partial charge in [-0.1, -0.05) is 121 Å². The van der Waals surface area contributed by atoms with Gasteiger partial charge in [-0.15, -0.1) is 31.3 Å². The standard InChI is InChI=1S/C18H37Cl.C9H15N/c1-2-3-4-5-6-7-8-9-10-11-12-13-14-15-16-17-18-19;1-4-7-10(8-5-2)9-6-3/h2-18H2,1H3;4-6H,1-3,7-9H2. The molecule has 0 aliphatic carbocycles. The number of rotatable bonds is 22. The van der Waals surface area contributed by atoms with Gasteiger partial charge in [0.05, 0.1) is 0 Å². The van der Waals surface area contributed by atoms with Crippen molar-refractivity contribution in [3.8, 4) is 0 Å². The Labute approximate surface area is 189 Å². The summed E-state index contributed by atoms with van der Waals surface area (Å²) in [6.45, 7) is 16.0. The molecule has 0 unspecified atom stereocenters. The van der Waals surface area contributed by atoms with Crippen molar-refractivity contribution in [2.45, 2.75) is 110 Å². The molecule has 0 spiro atoms. The fraction of sp³-hybridized carbons (Fsp3) is 0.778. The molecule has 0 aliphatic heterocycles. The summed E-state index contributed by atoms with van der Waals surface area (Å²) in [6, 6.07) is 0. The molecule has 0 radical (unpaired) electrons. The third-order valence-corrected chi connectivity index (χ3v) is 5.42. The summed E-state index contributed by atoms with van der Waals surface area (Å²) < 4.78 is 0. The molecule has 0 saturated heterocycles. The van der Waals surface area contributed by atoms with Crippen molar-refractivity contribution in [1.82, 2.24) is 4.90 Å². The summed E-state index contributed by atoms with van der Waals surface area (Å²) in [7, 11) is 0. The van der Waals surface area contributed by atoms with Crippen molar-refractivity contribution < 1.29 is 0 Å². The normalized spacial score (nSPS) is 10.4. The molecule has 172 valence electrons. The minimum Gasteiger partial charge on any atom is -0.292 e. The van der Waals surface area contributed by atoms with Crippen LogP contribution < -0.4 is 0 Å². The number of unbranched alkanes of at least 4 members (excludes halogenated alkanes) is 15. The Balaban J connectivity index is 0. The van der Waals surface area contributed by atoms with Crippen LogP contribution >= 0.6 is 11.6 Å². The predicted molar refractivity (Wildman–Crippen MR) is 137 cm³/mol. The predicted octanol–water partition coefficient (Wildman–Crippen LogP) is 9.33. The minimum atomic E-state index is 0.846. The number of hydrogen-bond donors (Lipinski definition) is 0. The maximum absolute atomic E-state index is 5.66. The number of halogens is 1. The van der Waals surface area contributed by atoms with Gasteiger partial charge in [-0.3, -0.25) is 4.90 Å². The minimum absolute atomic E-state index is 0.846. The third kappa shape index (κ3) is 29.8. The first kappa shape index (κ1) is 30.7. The van der Waals surface area contributed by atoms with E-state index in [1.165, 1.54) is 103 Å². The molecule has 0 fully saturated rings. The molecule has 0 atom stereocenters. The van der Waals surface area contributed by atoms with Crippen molar-refractivity contribution in [2.24, 2.45) is 0 Å². The second-order valence-electron chi connectivity index (χ2n) is 8.08. The average Bonchev–Trinajstić information content (AvgIpc) is 2.72. The van der Waals surface area contributed by atoms with Gasteiger partial charge < -0.3 is 0 Å². The Morgan fingerprint density at radius 1 is 0.517 bits per heavy atom. The Bertz CT molecular complexity index is 287. The van der Waals surface area contributed by atoms with E-state index in [2.05, 4.69) is 31.6 Å². The lowest BCUT2D eigenvalue weighted by Gasteiger charge is -2.15. The lowest BCUT2D eigenvalue weighted by atomic mass is 10.0. The van der Waals surface area contributed by atoms with E-state index in [1.807, 2.05) is 18.2 Å². The lowest BCUT2D eigenvalue weighted by molar-refractivity contribution is 0.373. The molecule has 0 N–H and O–H groups in total. The Hall–Kier alpha value is -0.530. The van der Waals surface area contributed by atoms with Gasteiger partial charge in [0.1, 0.15) is 0 Å². The van der Waals surface area contributed by atoms with Crippen molar-refractivity contribution in [3.05, 3.63) is 38.0 Å². The van der Waals surface area contributed by atoms with Crippen LogP contribution in [0.15, 0.2) is 38.0 Å². The first-order chi connectivity index (χ1) is 14.3. The summed E-state index contributed by atoms with van der Waals surface area (Å²) >= 11 is 5.66. The van der Waals surface area contributed by atoms with Gasteiger partial charge in [-0.2, -0.15) is 0 Å². The highest BCUT2D eigenvalue weighted by atomic mass is 35.5. The van der Waals surface area contributed by atoms with E-state index in [0.29, 0.717) is 0 Å². The molecule has 1 nitrogen and oxygen atoms in total. The topological polar surface area (TPSA) is 3.24 Å².